The molecular weight excluding hydrogens is 250 g/mol. The van der Waals surface area contributed by atoms with Crippen LogP contribution < -0.4 is 10.1 Å². The fourth-order valence-corrected chi connectivity index (χ4v) is 2.43. The Morgan fingerprint density at radius 3 is 2.20 bits per heavy atom. The number of ether oxygens (including phenoxy) is 1. The molecule has 0 amide bonds. The largest absolute Gasteiger partial charge is 0.497 e. The summed E-state index contributed by atoms with van der Waals surface area (Å²) in [6.07, 6.45) is 0.623. The second-order valence-electron chi connectivity index (χ2n) is 5.95. The number of methoxy groups -OCH3 is 1. The highest BCUT2D eigenvalue weighted by atomic mass is 16.5. The average Bonchev–Trinajstić information content (AvgIpc) is 2.43. The van der Waals surface area contributed by atoms with Gasteiger partial charge in [0.25, 0.3) is 0 Å². The maximum atomic E-state index is 9.38. The van der Waals surface area contributed by atoms with Crippen molar-refractivity contribution < 1.29 is 9.84 Å². The Morgan fingerprint density at radius 2 is 1.70 bits per heavy atom. The molecule has 0 fully saturated rings. The number of benzene rings is 1. The smallest absolute Gasteiger partial charge is 0.118 e. The number of rotatable bonds is 8. The van der Waals surface area contributed by atoms with Crippen molar-refractivity contribution in [2.24, 2.45) is 5.92 Å². The van der Waals surface area contributed by atoms with E-state index in [0.29, 0.717) is 17.9 Å². The van der Waals surface area contributed by atoms with Crippen LogP contribution in [-0.2, 0) is 0 Å². The van der Waals surface area contributed by atoms with Crippen LogP contribution in [0.3, 0.4) is 0 Å². The van der Waals surface area contributed by atoms with E-state index >= 15 is 0 Å². The van der Waals surface area contributed by atoms with E-state index in [1.165, 1.54) is 5.56 Å². The van der Waals surface area contributed by atoms with Gasteiger partial charge in [0.1, 0.15) is 5.75 Å². The molecule has 0 aliphatic rings. The molecule has 0 aromatic heterocycles. The Morgan fingerprint density at radius 1 is 1.10 bits per heavy atom. The molecule has 0 saturated heterocycles. The molecule has 0 saturated carbocycles. The lowest BCUT2D eigenvalue weighted by atomic mass is 9.93. The highest BCUT2D eigenvalue weighted by Gasteiger charge is 2.15. The number of hydrogen-bond acceptors (Lipinski definition) is 3. The molecule has 1 aromatic carbocycles. The standard InChI is InChI=1S/C17H29NO2/c1-12(10-13(2)19)11-18-15(4)14(3)16-6-8-17(20-5)9-7-16/h6-9,12-15,18-19H,10-11H2,1-5H3. The molecule has 20 heavy (non-hydrogen) atoms. The zero-order valence-corrected chi connectivity index (χ0v) is 13.4. The van der Waals surface area contributed by atoms with Gasteiger partial charge in [-0.3, -0.25) is 0 Å². The van der Waals surface area contributed by atoms with Crippen molar-refractivity contribution in [1.82, 2.24) is 5.32 Å². The Bertz CT molecular complexity index is 375. The van der Waals surface area contributed by atoms with Gasteiger partial charge < -0.3 is 15.2 Å². The molecule has 0 heterocycles. The molecule has 0 aliphatic heterocycles. The summed E-state index contributed by atoms with van der Waals surface area (Å²) in [5.41, 5.74) is 1.31. The van der Waals surface area contributed by atoms with Gasteiger partial charge in [-0.15, -0.1) is 0 Å². The molecule has 0 bridgehead atoms. The molecule has 1 rings (SSSR count). The maximum absolute atomic E-state index is 9.38. The summed E-state index contributed by atoms with van der Waals surface area (Å²) in [4.78, 5) is 0. The fraction of sp³-hybridized carbons (Fsp3) is 0.647. The zero-order chi connectivity index (χ0) is 15.1. The van der Waals surface area contributed by atoms with Gasteiger partial charge in [-0.2, -0.15) is 0 Å². The number of aliphatic hydroxyl groups is 1. The lowest BCUT2D eigenvalue weighted by Crippen LogP contribution is -2.34. The third-order valence-corrected chi connectivity index (χ3v) is 3.92. The Kier molecular flexibility index (Phi) is 7.03. The van der Waals surface area contributed by atoms with E-state index in [4.69, 9.17) is 4.74 Å². The minimum Gasteiger partial charge on any atom is -0.497 e. The third kappa shape index (κ3) is 5.51. The molecule has 1 aromatic rings. The van der Waals surface area contributed by atoms with Crippen LogP contribution in [-0.4, -0.2) is 30.9 Å². The van der Waals surface area contributed by atoms with Crippen LogP contribution in [0.1, 0.15) is 45.6 Å². The van der Waals surface area contributed by atoms with Crippen molar-refractivity contribution in [2.75, 3.05) is 13.7 Å². The van der Waals surface area contributed by atoms with Crippen molar-refractivity contribution in [3.05, 3.63) is 29.8 Å². The Hall–Kier alpha value is -1.06. The molecule has 4 unspecified atom stereocenters. The van der Waals surface area contributed by atoms with Gasteiger partial charge in [0, 0.05) is 6.04 Å². The van der Waals surface area contributed by atoms with Crippen molar-refractivity contribution in [1.29, 1.82) is 0 Å². The summed E-state index contributed by atoms with van der Waals surface area (Å²) in [6.45, 7) is 9.40. The predicted molar refractivity (Wildman–Crippen MR) is 84.3 cm³/mol. The van der Waals surface area contributed by atoms with Gasteiger partial charge in [-0.25, -0.2) is 0 Å². The van der Waals surface area contributed by atoms with Gasteiger partial charge in [0.15, 0.2) is 0 Å². The number of hydrogen-bond donors (Lipinski definition) is 2. The van der Waals surface area contributed by atoms with Crippen molar-refractivity contribution >= 4 is 0 Å². The molecule has 4 atom stereocenters. The molecule has 0 radical (unpaired) electrons. The number of nitrogens with one attached hydrogen (secondary N) is 1. The average molecular weight is 279 g/mol. The van der Waals surface area contributed by atoms with Gasteiger partial charge in [-0.1, -0.05) is 26.0 Å². The normalized spacial score (nSPS) is 17.3. The monoisotopic (exact) mass is 279 g/mol. The van der Waals surface area contributed by atoms with E-state index in [1.807, 2.05) is 19.1 Å². The van der Waals surface area contributed by atoms with Crippen LogP contribution in [0.4, 0.5) is 0 Å². The predicted octanol–water partition coefficient (Wildman–Crippen LogP) is 3.18. The van der Waals surface area contributed by atoms with E-state index in [2.05, 4.69) is 38.2 Å². The minimum atomic E-state index is -0.221. The van der Waals surface area contributed by atoms with E-state index in [-0.39, 0.29) is 6.10 Å². The first-order valence-corrected chi connectivity index (χ1v) is 7.49. The Balaban J connectivity index is 2.47. The van der Waals surface area contributed by atoms with Crippen LogP contribution in [0.5, 0.6) is 5.75 Å². The van der Waals surface area contributed by atoms with Gasteiger partial charge in [-0.05, 0) is 56.3 Å². The molecular formula is C17H29NO2. The first-order chi connectivity index (χ1) is 9.43. The van der Waals surface area contributed by atoms with Crippen molar-refractivity contribution in [3.8, 4) is 5.75 Å². The van der Waals surface area contributed by atoms with Gasteiger partial charge in [0.05, 0.1) is 13.2 Å². The second-order valence-corrected chi connectivity index (χ2v) is 5.95. The van der Waals surface area contributed by atoms with Crippen molar-refractivity contribution in [3.63, 3.8) is 0 Å². The van der Waals surface area contributed by atoms with Crippen LogP contribution in [0, 0.1) is 5.92 Å². The number of aliphatic hydroxyl groups excluding tert-OH is 1. The summed E-state index contributed by atoms with van der Waals surface area (Å²) < 4.78 is 5.19. The highest BCUT2D eigenvalue weighted by Crippen LogP contribution is 2.22. The lowest BCUT2D eigenvalue weighted by molar-refractivity contribution is 0.162. The van der Waals surface area contributed by atoms with E-state index < -0.39 is 0 Å². The van der Waals surface area contributed by atoms with E-state index in [0.717, 1.165) is 18.7 Å². The van der Waals surface area contributed by atoms with E-state index in [1.54, 1.807) is 7.11 Å². The third-order valence-electron chi connectivity index (χ3n) is 3.92. The van der Waals surface area contributed by atoms with E-state index in [9.17, 15) is 5.11 Å². The van der Waals surface area contributed by atoms with Crippen LogP contribution in [0.2, 0.25) is 0 Å². The lowest BCUT2D eigenvalue weighted by Gasteiger charge is -2.24. The molecule has 2 N–H and O–H groups in total. The molecule has 0 spiro atoms. The quantitative estimate of drug-likeness (QED) is 0.768. The zero-order valence-electron chi connectivity index (χ0n) is 13.4. The summed E-state index contributed by atoms with van der Waals surface area (Å²) in [5.74, 6) is 1.83. The van der Waals surface area contributed by atoms with Crippen LogP contribution in [0.25, 0.3) is 0 Å². The first-order valence-electron chi connectivity index (χ1n) is 7.49. The topological polar surface area (TPSA) is 41.5 Å². The summed E-state index contributed by atoms with van der Waals surface area (Å²) in [5, 5.41) is 13.0. The van der Waals surface area contributed by atoms with Crippen LogP contribution in [0.15, 0.2) is 24.3 Å². The first kappa shape index (κ1) is 17.0. The highest BCUT2D eigenvalue weighted by molar-refractivity contribution is 5.29. The Labute approximate surface area is 123 Å². The SMILES string of the molecule is COc1ccc(C(C)C(C)NCC(C)CC(C)O)cc1. The van der Waals surface area contributed by atoms with Crippen molar-refractivity contribution in [2.45, 2.75) is 52.2 Å². The fourth-order valence-electron chi connectivity index (χ4n) is 2.43. The van der Waals surface area contributed by atoms with Gasteiger partial charge in [0.2, 0.25) is 0 Å². The molecule has 3 nitrogen and oxygen atoms in total. The van der Waals surface area contributed by atoms with Gasteiger partial charge >= 0.3 is 0 Å². The molecule has 114 valence electrons. The summed E-state index contributed by atoms with van der Waals surface area (Å²) in [6, 6.07) is 8.67. The van der Waals surface area contributed by atoms with Crippen LogP contribution >= 0.6 is 0 Å². The maximum Gasteiger partial charge on any atom is 0.118 e. The summed E-state index contributed by atoms with van der Waals surface area (Å²) >= 11 is 0. The summed E-state index contributed by atoms with van der Waals surface area (Å²) in [7, 11) is 1.69. The molecule has 3 heteroatoms. The molecule has 0 aliphatic carbocycles. The second kappa shape index (κ2) is 8.28. The minimum absolute atomic E-state index is 0.221.